The quantitative estimate of drug-likeness (QED) is 0.707. The van der Waals surface area contributed by atoms with E-state index < -0.39 is 23.6 Å². The number of fused-ring (bicyclic) bond motifs is 2. The highest BCUT2D eigenvalue weighted by Gasteiger charge is 2.36. The molecule has 1 aliphatic heterocycles. The van der Waals surface area contributed by atoms with Crippen LogP contribution in [0.25, 0.3) is 0 Å². The fourth-order valence-corrected chi connectivity index (χ4v) is 3.89. The molecule has 144 valence electrons. The lowest BCUT2D eigenvalue weighted by Crippen LogP contribution is -2.29. The Labute approximate surface area is 153 Å². The number of hydrogen-bond acceptors (Lipinski definition) is 5. The van der Waals surface area contributed by atoms with E-state index in [1.807, 2.05) is 0 Å². The average molecular weight is 379 g/mol. The summed E-state index contributed by atoms with van der Waals surface area (Å²) in [7, 11) is 0. The smallest absolute Gasteiger partial charge is 0.385 e. The van der Waals surface area contributed by atoms with Crippen molar-refractivity contribution < 1.29 is 18.0 Å². The van der Waals surface area contributed by atoms with Gasteiger partial charge in [-0.2, -0.15) is 23.0 Å². The van der Waals surface area contributed by atoms with Crippen molar-refractivity contribution in [1.29, 1.82) is 0 Å². The molecule has 0 fully saturated rings. The molecule has 1 aromatic carbocycles. The van der Waals surface area contributed by atoms with E-state index >= 15 is 0 Å². The molecule has 4 rings (SSSR count). The predicted octanol–water partition coefficient (Wildman–Crippen LogP) is 2.54. The molecule has 0 bridgehead atoms. The topological polar surface area (TPSA) is 99.0 Å². The first kappa shape index (κ1) is 17.8. The first-order chi connectivity index (χ1) is 12.8. The summed E-state index contributed by atoms with van der Waals surface area (Å²) in [6.07, 6.45) is -2.14. The van der Waals surface area contributed by atoms with Crippen LogP contribution in [0.1, 0.15) is 45.9 Å². The van der Waals surface area contributed by atoms with Crippen molar-refractivity contribution in [2.45, 2.75) is 43.8 Å². The van der Waals surface area contributed by atoms with Crippen molar-refractivity contribution in [3.8, 4) is 0 Å². The summed E-state index contributed by atoms with van der Waals surface area (Å²) in [5, 5.41) is 7.40. The zero-order valence-electron chi connectivity index (χ0n) is 14.5. The zero-order valence-corrected chi connectivity index (χ0v) is 14.5. The summed E-state index contributed by atoms with van der Waals surface area (Å²) in [5.41, 5.74) is 13.7. The SMILES string of the molecule is Nc1c2c(nn1C(=O)[C@H]1CCNc3ccc(C(F)(F)F)cc31)CCC(N)C2. The van der Waals surface area contributed by atoms with Gasteiger partial charge in [0.05, 0.1) is 17.2 Å². The molecular weight excluding hydrogens is 359 g/mol. The largest absolute Gasteiger partial charge is 0.416 e. The highest BCUT2D eigenvalue weighted by atomic mass is 19.4. The van der Waals surface area contributed by atoms with Crippen molar-refractivity contribution in [3.05, 3.63) is 40.6 Å². The molecule has 9 heteroatoms. The first-order valence-corrected chi connectivity index (χ1v) is 8.86. The monoisotopic (exact) mass is 379 g/mol. The van der Waals surface area contributed by atoms with E-state index in [9.17, 15) is 18.0 Å². The molecule has 0 saturated heterocycles. The third-order valence-corrected chi connectivity index (χ3v) is 5.33. The van der Waals surface area contributed by atoms with Gasteiger partial charge in [-0.15, -0.1) is 0 Å². The third kappa shape index (κ3) is 3.05. The summed E-state index contributed by atoms with van der Waals surface area (Å²) in [5.74, 6) is -0.893. The zero-order chi connectivity index (χ0) is 19.3. The van der Waals surface area contributed by atoms with Gasteiger partial charge in [-0.3, -0.25) is 4.79 Å². The Balaban J connectivity index is 1.73. The van der Waals surface area contributed by atoms with Crippen LogP contribution >= 0.6 is 0 Å². The van der Waals surface area contributed by atoms with E-state index in [-0.39, 0.29) is 11.9 Å². The number of carbonyl (C=O) groups excluding carboxylic acids is 1. The molecule has 1 unspecified atom stereocenters. The molecular formula is C18H20F3N5O. The number of benzene rings is 1. The van der Waals surface area contributed by atoms with Gasteiger partial charge in [0, 0.05) is 23.8 Å². The van der Waals surface area contributed by atoms with Crippen molar-refractivity contribution in [2.24, 2.45) is 5.73 Å². The summed E-state index contributed by atoms with van der Waals surface area (Å²) in [6, 6.07) is 3.40. The van der Waals surface area contributed by atoms with Gasteiger partial charge < -0.3 is 16.8 Å². The van der Waals surface area contributed by atoms with Gasteiger partial charge in [0.2, 0.25) is 0 Å². The number of nitrogens with one attached hydrogen (secondary N) is 1. The summed E-state index contributed by atoms with van der Waals surface area (Å²) in [4.78, 5) is 13.1. The number of alkyl halides is 3. The fourth-order valence-electron chi connectivity index (χ4n) is 3.89. The molecule has 2 heterocycles. The molecule has 0 spiro atoms. The van der Waals surface area contributed by atoms with Gasteiger partial charge in [-0.05, 0) is 49.4 Å². The van der Waals surface area contributed by atoms with Gasteiger partial charge in [-0.1, -0.05) is 0 Å². The number of carbonyl (C=O) groups is 1. The standard InChI is InChI=1S/C18H20F3N5O/c19-18(20,21)9-1-3-14-12(7-9)11(5-6-24-14)17(27)26-16(23)13-8-10(22)2-4-15(13)25-26/h1,3,7,10-11,24H,2,4-6,8,22-23H2/t10?,11-/m0/s1. The summed E-state index contributed by atoms with van der Waals surface area (Å²) in [6.45, 7) is 0.487. The van der Waals surface area contributed by atoms with Crippen molar-refractivity contribution in [1.82, 2.24) is 9.78 Å². The average Bonchev–Trinajstić information content (AvgIpc) is 2.95. The lowest BCUT2D eigenvalue weighted by Gasteiger charge is -2.26. The maximum atomic E-state index is 13.1. The lowest BCUT2D eigenvalue weighted by atomic mass is 9.89. The molecule has 5 N–H and O–H groups in total. The van der Waals surface area contributed by atoms with Crippen molar-refractivity contribution in [3.63, 3.8) is 0 Å². The molecule has 2 aromatic rings. The number of rotatable bonds is 1. The fraction of sp³-hybridized carbons (Fsp3) is 0.444. The predicted molar refractivity (Wildman–Crippen MR) is 94.6 cm³/mol. The van der Waals surface area contributed by atoms with E-state index in [4.69, 9.17) is 11.5 Å². The lowest BCUT2D eigenvalue weighted by molar-refractivity contribution is -0.137. The molecule has 6 nitrogen and oxygen atoms in total. The summed E-state index contributed by atoms with van der Waals surface area (Å²) < 4.78 is 40.5. The molecule has 27 heavy (non-hydrogen) atoms. The Morgan fingerprint density at radius 2 is 2.07 bits per heavy atom. The number of nitrogen functional groups attached to an aromatic ring is 1. The Hall–Kier alpha value is -2.55. The molecule has 0 saturated carbocycles. The second-order valence-corrected chi connectivity index (χ2v) is 7.13. The van der Waals surface area contributed by atoms with E-state index in [0.29, 0.717) is 37.1 Å². The third-order valence-electron chi connectivity index (χ3n) is 5.33. The van der Waals surface area contributed by atoms with E-state index in [1.165, 1.54) is 6.07 Å². The number of aryl methyl sites for hydroxylation is 1. The second kappa shape index (κ2) is 6.26. The first-order valence-electron chi connectivity index (χ1n) is 8.86. The molecule has 2 aliphatic rings. The molecule has 0 radical (unpaired) electrons. The number of halogens is 3. The van der Waals surface area contributed by atoms with Crippen LogP contribution in [0.5, 0.6) is 0 Å². The summed E-state index contributed by atoms with van der Waals surface area (Å²) >= 11 is 0. The minimum atomic E-state index is -4.47. The van der Waals surface area contributed by atoms with E-state index in [1.54, 1.807) is 0 Å². The maximum Gasteiger partial charge on any atom is 0.416 e. The van der Waals surface area contributed by atoms with Crippen LogP contribution in [-0.2, 0) is 19.0 Å². The van der Waals surface area contributed by atoms with Gasteiger partial charge in [0.25, 0.3) is 5.91 Å². The Kier molecular flexibility index (Phi) is 4.14. The minimum absolute atomic E-state index is 0.0264. The highest BCUT2D eigenvalue weighted by molar-refractivity contribution is 5.90. The van der Waals surface area contributed by atoms with Crippen molar-refractivity contribution >= 4 is 17.4 Å². The second-order valence-electron chi connectivity index (χ2n) is 7.13. The Bertz CT molecular complexity index is 905. The number of anilines is 2. The minimum Gasteiger partial charge on any atom is -0.385 e. The van der Waals surface area contributed by atoms with Crippen molar-refractivity contribution in [2.75, 3.05) is 17.6 Å². The number of hydrogen-bond donors (Lipinski definition) is 3. The molecule has 1 aliphatic carbocycles. The van der Waals surface area contributed by atoms with Crippen LogP contribution in [-0.4, -0.2) is 28.3 Å². The van der Waals surface area contributed by atoms with Crippen LogP contribution in [0.4, 0.5) is 24.7 Å². The Morgan fingerprint density at radius 1 is 1.30 bits per heavy atom. The van der Waals surface area contributed by atoms with Gasteiger partial charge in [0.1, 0.15) is 5.82 Å². The van der Waals surface area contributed by atoms with E-state index in [0.717, 1.165) is 34.5 Å². The van der Waals surface area contributed by atoms with Gasteiger partial charge >= 0.3 is 6.18 Å². The number of aromatic nitrogens is 2. The molecule has 2 atom stereocenters. The number of nitrogens with zero attached hydrogens (tertiary/aromatic N) is 2. The normalized spacial score (nSPS) is 21.9. The number of nitrogens with two attached hydrogens (primary N) is 2. The molecule has 1 aromatic heterocycles. The molecule has 0 amide bonds. The Morgan fingerprint density at radius 3 is 2.81 bits per heavy atom. The van der Waals surface area contributed by atoms with Crippen LogP contribution in [0.15, 0.2) is 18.2 Å². The van der Waals surface area contributed by atoms with Gasteiger partial charge in [-0.25, -0.2) is 0 Å². The maximum absolute atomic E-state index is 13.1. The van der Waals surface area contributed by atoms with Crippen LogP contribution in [0.2, 0.25) is 0 Å². The van der Waals surface area contributed by atoms with E-state index in [2.05, 4.69) is 10.4 Å². The highest BCUT2D eigenvalue weighted by Crippen LogP contribution is 2.38. The van der Waals surface area contributed by atoms with Crippen LogP contribution in [0, 0.1) is 0 Å². The van der Waals surface area contributed by atoms with Crippen LogP contribution < -0.4 is 16.8 Å². The van der Waals surface area contributed by atoms with Crippen LogP contribution in [0.3, 0.4) is 0 Å². The van der Waals surface area contributed by atoms with Gasteiger partial charge in [0.15, 0.2) is 0 Å².